The second kappa shape index (κ2) is 9.74. The molecule has 1 amide bonds. The van der Waals surface area contributed by atoms with Gasteiger partial charge in [0.05, 0.1) is 25.9 Å². The van der Waals surface area contributed by atoms with E-state index < -0.39 is 5.91 Å². The number of nitrogens with zero attached hydrogens (tertiary/aromatic N) is 2. The smallest absolute Gasteiger partial charge is 0.283 e. The number of ether oxygens (including phenoxy) is 3. The Bertz CT molecular complexity index is 1110. The lowest BCUT2D eigenvalue weighted by atomic mass is 10.1. The zero-order valence-electron chi connectivity index (χ0n) is 17.8. The van der Waals surface area contributed by atoms with Gasteiger partial charge in [0.1, 0.15) is 23.1 Å². The quantitative estimate of drug-likeness (QED) is 0.464. The molecule has 0 bridgehead atoms. The van der Waals surface area contributed by atoms with Crippen LogP contribution in [0.5, 0.6) is 17.2 Å². The maximum absolute atomic E-state index is 12.4. The molecule has 32 heavy (non-hydrogen) atoms. The number of amides is 1. The number of hydrogen-bond donors (Lipinski definition) is 1. The van der Waals surface area contributed by atoms with E-state index in [1.54, 1.807) is 18.1 Å². The van der Waals surface area contributed by atoms with E-state index in [0.717, 1.165) is 34.1 Å². The lowest BCUT2D eigenvalue weighted by Gasteiger charge is -2.22. The van der Waals surface area contributed by atoms with Crippen molar-refractivity contribution in [3.8, 4) is 17.2 Å². The van der Waals surface area contributed by atoms with Gasteiger partial charge in [-0.3, -0.25) is 15.1 Å². The first-order valence-corrected chi connectivity index (χ1v) is 10.9. The molecule has 4 rings (SSSR count). The number of carbonyl (C=O) groups excluding carboxylic acids is 1. The van der Waals surface area contributed by atoms with Crippen molar-refractivity contribution in [2.45, 2.75) is 13.3 Å². The van der Waals surface area contributed by atoms with Gasteiger partial charge in [0.25, 0.3) is 5.91 Å². The van der Waals surface area contributed by atoms with E-state index in [1.165, 1.54) is 11.8 Å². The molecule has 0 radical (unpaired) electrons. The summed E-state index contributed by atoms with van der Waals surface area (Å²) >= 11 is 1.40. The lowest BCUT2D eigenvalue weighted by molar-refractivity contribution is -0.114. The van der Waals surface area contributed by atoms with Crippen LogP contribution in [-0.2, 0) is 4.79 Å². The van der Waals surface area contributed by atoms with Crippen LogP contribution < -0.4 is 14.2 Å². The van der Waals surface area contributed by atoms with E-state index in [9.17, 15) is 4.79 Å². The molecule has 0 spiro atoms. The third-order valence-corrected chi connectivity index (χ3v) is 5.67. The Morgan fingerprint density at radius 1 is 1.00 bits per heavy atom. The van der Waals surface area contributed by atoms with Crippen LogP contribution in [-0.4, -0.2) is 42.1 Å². The number of aliphatic imine (C=N–C) groups is 1. The van der Waals surface area contributed by atoms with Crippen LogP contribution >= 0.6 is 11.8 Å². The van der Waals surface area contributed by atoms with Gasteiger partial charge < -0.3 is 14.2 Å². The summed E-state index contributed by atoms with van der Waals surface area (Å²) in [5, 5.41) is 8.89. The molecule has 0 aliphatic carbocycles. The fourth-order valence-corrected chi connectivity index (χ4v) is 3.96. The molecule has 0 atom stereocenters. The number of amidine groups is 2. The van der Waals surface area contributed by atoms with Crippen LogP contribution in [0.1, 0.15) is 18.9 Å². The number of hydrogen-bond acceptors (Lipinski definition) is 6. The first kappa shape index (κ1) is 21.7. The third-order valence-electron chi connectivity index (χ3n) is 4.77. The second-order valence-electron chi connectivity index (χ2n) is 7.11. The first-order valence-electron chi connectivity index (χ1n) is 10.1. The highest BCUT2D eigenvalue weighted by Gasteiger charge is 2.32. The predicted octanol–water partition coefficient (Wildman–Crippen LogP) is 4.71. The number of fused-ring (bicyclic) bond motifs is 1. The van der Waals surface area contributed by atoms with Gasteiger partial charge in [0.2, 0.25) is 0 Å². The summed E-state index contributed by atoms with van der Waals surface area (Å²) in [4.78, 5) is 19.1. The molecule has 2 aliphatic heterocycles. The number of rotatable bonds is 8. The van der Waals surface area contributed by atoms with Crippen molar-refractivity contribution in [3.63, 3.8) is 0 Å². The van der Waals surface area contributed by atoms with Gasteiger partial charge in [-0.05, 0) is 55.0 Å². The molecule has 0 saturated heterocycles. The third kappa shape index (κ3) is 5.03. The maximum Gasteiger partial charge on any atom is 0.283 e. The fraction of sp³-hybridized carbons (Fsp3) is 0.208. The summed E-state index contributed by atoms with van der Waals surface area (Å²) in [5.41, 5.74) is 1.07. The van der Waals surface area contributed by atoms with Gasteiger partial charge in [-0.25, -0.2) is 0 Å². The molecule has 0 aromatic heterocycles. The van der Waals surface area contributed by atoms with Crippen molar-refractivity contribution in [1.29, 1.82) is 5.41 Å². The summed E-state index contributed by atoms with van der Waals surface area (Å²) in [5.74, 6) is 2.07. The van der Waals surface area contributed by atoms with Gasteiger partial charge in [0.15, 0.2) is 5.17 Å². The minimum Gasteiger partial charge on any atom is -0.497 e. The molecular weight excluding hydrogens is 426 g/mol. The normalized spacial score (nSPS) is 16.6. The Hall–Kier alpha value is -3.52. The van der Waals surface area contributed by atoms with Gasteiger partial charge in [0, 0.05) is 17.5 Å². The minimum atomic E-state index is -0.394. The number of methoxy groups -OCH3 is 1. The molecule has 1 N–H and O–H groups in total. The average Bonchev–Trinajstić information content (AvgIpc) is 3.18. The van der Waals surface area contributed by atoms with Gasteiger partial charge >= 0.3 is 0 Å². The van der Waals surface area contributed by atoms with Gasteiger partial charge in [-0.1, -0.05) is 23.9 Å². The summed E-state index contributed by atoms with van der Waals surface area (Å²) in [6.07, 6.45) is 4.25. The van der Waals surface area contributed by atoms with Crippen molar-refractivity contribution < 1.29 is 19.0 Å². The molecule has 0 saturated carbocycles. The van der Waals surface area contributed by atoms with E-state index in [1.807, 2.05) is 61.7 Å². The van der Waals surface area contributed by atoms with Crippen LogP contribution in [0, 0.1) is 5.41 Å². The summed E-state index contributed by atoms with van der Waals surface area (Å²) in [7, 11) is 1.63. The Labute approximate surface area is 190 Å². The van der Waals surface area contributed by atoms with Crippen LogP contribution in [0.4, 0.5) is 0 Å². The zero-order chi connectivity index (χ0) is 22.5. The van der Waals surface area contributed by atoms with E-state index in [-0.39, 0.29) is 11.4 Å². The van der Waals surface area contributed by atoms with Crippen molar-refractivity contribution in [2.24, 2.45) is 4.99 Å². The largest absolute Gasteiger partial charge is 0.497 e. The lowest BCUT2D eigenvalue weighted by Crippen LogP contribution is -2.35. The zero-order valence-corrected chi connectivity index (χ0v) is 18.6. The van der Waals surface area contributed by atoms with Crippen LogP contribution in [0.2, 0.25) is 0 Å². The molecule has 164 valence electrons. The van der Waals surface area contributed by atoms with E-state index in [2.05, 4.69) is 4.99 Å². The molecule has 0 unspecified atom stereocenters. The molecule has 2 aromatic rings. The van der Waals surface area contributed by atoms with Crippen LogP contribution in [0.3, 0.4) is 0 Å². The molecule has 8 heteroatoms. The molecular formula is C24H23N3O4S. The number of allylic oxidation sites excluding steroid dienone is 1. The number of thioether (sulfide) groups is 1. The number of nitrogens with one attached hydrogen (secondary N) is 1. The molecule has 7 nitrogen and oxygen atoms in total. The second-order valence-corrected chi connectivity index (χ2v) is 8.33. The van der Waals surface area contributed by atoms with Gasteiger partial charge in [-0.2, -0.15) is 4.99 Å². The summed E-state index contributed by atoms with van der Waals surface area (Å²) < 4.78 is 16.6. The predicted molar refractivity (Wildman–Crippen MR) is 126 cm³/mol. The summed E-state index contributed by atoms with van der Waals surface area (Å²) in [6.45, 7) is 3.00. The molecule has 0 fully saturated rings. The average molecular weight is 450 g/mol. The first-order chi connectivity index (χ1) is 15.5. The van der Waals surface area contributed by atoms with Crippen LogP contribution in [0.25, 0.3) is 6.08 Å². The molecule has 2 heterocycles. The fourth-order valence-electron chi connectivity index (χ4n) is 3.14. The van der Waals surface area contributed by atoms with E-state index >= 15 is 0 Å². The monoisotopic (exact) mass is 449 g/mol. The summed E-state index contributed by atoms with van der Waals surface area (Å²) in [6, 6.07) is 14.9. The SMILES string of the molecule is COc1ccc(OCCCOc2ccc(/C=C3\C(=N)N4C=C(C)SC4=NC3=O)cc2)cc1. The Balaban J connectivity index is 1.28. The number of carbonyl (C=O) groups is 1. The Kier molecular flexibility index (Phi) is 6.61. The van der Waals surface area contributed by atoms with E-state index in [4.69, 9.17) is 19.6 Å². The highest BCUT2D eigenvalue weighted by molar-refractivity contribution is 8.17. The minimum absolute atomic E-state index is 0.140. The highest BCUT2D eigenvalue weighted by Crippen LogP contribution is 2.32. The molecule has 2 aliphatic rings. The van der Waals surface area contributed by atoms with Crippen LogP contribution in [0.15, 0.2) is 70.2 Å². The Morgan fingerprint density at radius 3 is 2.22 bits per heavy atom. The topological polar surface area (TPSA) is 84.2 Å². The van der Waals surface area contributed by atoms with Crippen molar-refractivity contribution in [1.82, 2.24) is 4.90 Å². The van der Waals surface area contributed by atoms with Crippen molar-refractivity contribution in [2.75, 3.05) is 20.3 Å². The van der Waals surface area contributed by atoms with Gasteiger partial charge in [-0.15, -0.1) is 0 Å². The number of benzene rings is 2. The standard InChI is InChI=1S/C24H23N3O4S/c1-16-15-27-22(25)21(23(28)26-24(27)32-16)14-17-4-6-19(7-5-17)30-12-3-13-31-20-10-8-18(29-2)9-11-20/h4-11,14-15,25H,3,12-13H2,1-2H3/b21-14+,25-22?. The van der Waals surface area contributed by atoms with Crippen molar-refractivity contribution >= 4 is 34.7 Å². The van der Waals surface area contributed by atoms with E-state index in [0.29, 0.717) is 18.4 Å². The molecule has 2 aromatic carbocycles. The van der Waals surface area contributed by atoms with Crippen molar-refractivity contribution in [3.05, 3.63) is 70.8 Å². The highest BCUT2D eigenvalue weighted by atomic mass is 32.2. The maximum atomic E-state index is 12.4. The Morgan fingerprint density at radius 2 is 1.59 bits per heavy atom.